The quantitative estimate of drug-likeness (QED) is 0.790. The lowest BCUT2D eigenvalue weighted by Gasteiger charge is -2.22. The van der Waals surface area contributed by atoms with Crippen LogP contribution in [-0.2, 0) is 10.0 Å². The van der Waals surface area contributed by atoms with E-state index in [9.17, 15) is 8.42 Å². The molecule has 1 fully saturated rings. The van der Waals surface area contributed by atoms with E-state index in [0.717, 1.165) is 0 Å². The molecule has 0 aromatic carbocycles. The van der Waals surface area contributed by atoms with Crippen molar-refractivity contribution in [3.63, 3.8) is 0 Å². The van der Waals surface area contributed by atoms with Gasteiger partial charge in [0.2, 0.25) is 10.0 Å². The number of pyridine rings is 1. The Morgan fingerprint density at radius 3 is 2.63 bits per heavy atom. The predicted molar refractivity (Wildman–Crippen MR) is 74.6 cm³/mol. The van der Waals surface area contributed by atoms with Crippen LogP contribution in [0.3, 0.4) is 0 Å². The molecule has 2 rings (SSSR count). The number of sulfonamides is 1. The maximum Gasteiger partial charge on any atom is 0.246 e. The van der Waals surface area contributed by atoms with Crippen LogP contribution in [0.5, 0.6) is 0 Å². The van der Waals surface area contributed by atoms with Crippen molar-refractivity contribution in [3.8, 4) is 0 Å². The molecule has 0 radical (unpaired) electrons. The van der Waals surface area contributed by atoms with Gasteiger partial charge in [-0.3, -0.25) is 0 Å². The minimum absolute atomic E-state index is 0.0310. The van der Waals surface area contributed by atoms with Gasteiger partial charge in [-0.05, 0) is 32.1 Å². The summed E-state index contributed by atoms with van der Waals surface area (Å²) in [5.74, 6) is 0.292. The highest BCUT2D eigenvalue weighted by Crippen LogP contribution is 2.28. The zero-order chi connectivity index (χ0) is 14.2. The van der Waals surface area contributed by atoms with Gasteiger partial charge in [0.1, 0.15) is 10.0 Å². The molecule has 0 N–H and O–H groups in total. The second-order valence-corrected chi connectivity index (χ2v) is 7.39. The first-order chi connectivity index (χ1) is 8.84. The van der Waals surface area contributed by atoms with E-state index in [2.05, 4.69) is 16.8 Å². The number of halogens is 1. The molecule has 0 amide bonds. The van der Waals surface area contributed by atoms with Crippen LogP contribution in [0.15, 0.2) is 23.2 Å². The monoisotopic (exact) mass is 303 g/mol. The number of likely N-dealkylation sites (N-methyl/N-ethyl adjacent to an activating group) is 1. The van der Waals surface area contributed by atoms with Crippen LogP contribution in [0.4, 0.5) is 0 Å². The van der Waals surface area contributed by atoms with E-state index in [1.807, 2.05) is 14.1 Å². The summed E-state index contributed by atoms with van der Waals surface area (Å²) in [6, 6.07) is 3.31. The first-order valence-corrected chi connectivity index (χ1v) is 7.93. The number of hydrogen-bond donors (Lipinski definition) is 0. The van der Waals surface area contributed by atoms with E-state index in [4.69, 9.17) is 11.6 Å². The molecule has 5 nitrogen and oxygen atoms in total. The minimum Gasteiger partial charge on any atom is -0.305 e. The molecular weight excluding hydrogens is 286 g/mol. The Hall–Kier alpha value is -0.690. The van der Waals surface area contributed by atoms with Crippen LogP contribution >= 0.6 is 11.6 Å². The fourth-order valence-corrected chi connectivity index (χ4v) is 4.46. The summed E-state index contributed by atoms with van der Waals surface area (Å²) >= 11 is 5.90. The van der Waals surface area contributed by atoms with Crippen molar-refractivity contribution in [2.24, 2.45) is 5.92 Å². The summed E-state index contributed by atoms with van der Waals surface area (Å²) in [4.78, 5) is 5.99. The Morgan fingerprint density at radius 2 is 2.11 bits per heavy atom. The van der Waals surface area contributed by atoms with Crippen molar-refractivity contribution in [1.82, 2.24) is 14.2 Å². The van der Waals surface area contributed by atoms with Crippen LogP contribution in [0.1, 0.15) is 6.92 Å². The average molecular weight is 304 g/mol. The van der Waals surface area contributed by atoms with Gasteiger partial charge in [0.05, 0.1) is 0 Å². The van der Waals surface area contributed by atoms with Gasteiger partial charge >= 0.3 is 0 Å². The second kappa shape index (κ2) is 5.36. The zero-order valence-electron chi connectivity index (χ0n) is 11.2. The molecule has 1 aromatic rings. The summed E-state index contributed by atoms with van der Waals surface area (Å²) in [6.07, 6.45) is 1.48. The van der Waals surface area contributed by atoms with Crippen LogP contribution < -0.4 is 0 Å². The summed E-state index contributed by atoms with van der Waals surface area (Å²) in [5.41, 5.74) is 0. The molecule has 0 bridgehead atoms. The van der Waals surface area contributed by atoms with E-state index in [-0.39, 0.29) is 16.1 Å². The zero-order valence-corrected chi connectivity index (χ0v) is 12.8. The van der Waals surface area contributed by atoms with Crippen LogP contribution in [0.2, 0.25) is 5.15 Å². The van der Waals surface area contributed by atoms with E-state index < -0.39 is 10.0 Å². The Balaban J connectivity index is 2.30. The van der Waals surface area contributed by atoms with Gasteiger partial charge in [-0.2, -0.15) is 4.31 Å². The molecule has 1 aliphatic heterocycles. The lowest BCUT2D eigenvalue weighted by Crippen LogP contribution is -2.35. The molecule has 2 atom stereocenters. The number of rotatable bonds is 3. The van der Waals surface area contributed by atoms with Gasteiger partial charge in [0.25, 0.3) is 0 Å². The van der Waals surface area contributed by atoms with Gasteiger partial charge in [0.15, 0.2) is 0 Å². The smallest absolute Gasteiger partial charge is 0.246 e. The van der Waals surface area contributed by atoms with E-state index >= 15 is 0 Å². The summed E-state index contributed by atoms with van der Waals surface area (Å²) in [5, 5.41) is 0.0310. The van der Waals surface area contributed by atoms with Gasteiger partial charge in [-0.15, -0.1) is 0 Å². The number of aromatic nitrogens is 1. The number of hydrogen-bond acceptors (Lipinski definition) is 4. The highest BCUT2D eigenvalue weighted by atomic mass is 35.5. The Kier molecular flexibility index (Phi) is 4.15. The molecule has 1 aliphatic rings. The third kappa shape index (κ3) is 2.76. The molecule has 0 saturated carbocycles. The summed E-state index contributed by atoms with van der Waals surface area (Å²) < 4.78 is 26.6. The standard InChI is InChI=1S/C12H18ClN3O2S/c1-9-7-16(8-10(9)15(2)3)19(17,18)11-5-4-6-14-12(11)13/h4-6,9-10H,7-8H2,1-3H3. The largest absolute Gasteiger partial charge is 0.305 e. The summed E-state index contributed by atoms with van der Waals surface area (Å²) in [6.45, 7) is 3.06. The molecule has 0 spiro atoms. The maximum absolute atomic E-state index is 12.6. The van der Waals surface area contributed by atoms with Crippen molar-refractivity contribution >= 4 is 21.6 Å². The first-order valence-electron chi connectivity index (χ1n) is 6.11. The summed E-state index contributed by atoms with van der Waals surface area (Å²) in [7, 11) is 0.377. The van der Waals surface area contributed by atoms with Crippen LogP contribution in [0.25, 0.3) is 0 Å². The van der Waals surface area contributed by atoms with Crippen molar-refractivity contribution in [3.05, 3.63) is 23.5 Å². The molecule has 0 aliphatic carbocycles. The average Bonchev–Trinajstić information content (AvgIpc) is 2.72. The van der Waals surface area contributed by atoms with Crippen LogP contribution in [0, 0.1) is 5.92 Å². The predicted octanol–water partition coefficient (Wildman–Crippen LogP) is 1.31. The van der Waals surface area contributed by atoms with Crippen molar-refractivity contribution in [2.75, 3.05) is 27.2 Å². The minimum atomic E-state index is -3.56. The van der Waals surface area contributed by atoms with E-state index in [1.54, 1.807) is 6.07 Å². The lowest BCUT2D eigenvalue weighted by molar-refractivity contribution is 0.263. The number of nitrogens with zero attached hydrogens (tertiary/aromatic N) is 3. The highest BCUT2D eigenvalue weighted by Gasteiger charge is 2.38. The third-order valence-corrected chi connectivity index (χ3v) is 5.82. The van der Waals surface area contributed by atoms with Gasteiger partial charge in [0, 0.05) is 25.3 Å². The molecular formula is C12H18ClN3O2S. The molecule has 2 heterocycles. The second-order valence-electron chi connectivity index (χ2n) is 5.12. The van der Waals surface area contributed by atoms with E-state index in [1.165, 1.54) is 16.6 Å². The van der Waals surface area contributed by atoms with Gasteiger partial charge < -0.3 is 4.90 Å². The Labute approximate surface area is 119 Å². The van der Waals surface area contributed by atoms with Gasteiger partial charge in [-0.1, -0.05) is 18.5 Å². The lowest BCUT2D eigenvalue weighted by atomic mass is 10.1. The molecule has 19 heavy (non-hydrogen) atoms. The van der Waals surface area contributed by atoms with Gasteiger partial charge in [-0.25, -0.2) is 13.4 Å². The SMILES string of the molecule is CC1CN(S(=O)(=O)c2cccnc2Cl)CC1N(C)C. The Bertz CT molecular complexity index is 562. The van der Waals surface area contributed by atoms with Crippen molar-refractivity contribution < 1.29 is 8.42 Å². The highest BCUT2D eigenvalue weighted by molar-refractivity contribution is 7.89. The molecule has 1 aromatic heterocycles. The van der Waals surface area contributed by atoms with Crippen molar-refractivity contribution in [1.29, 1.82) is 0 Å². The fraction of sp³-hybridized carbons (Fsp3) is 0.583. The molecule has 106 valence electrons. The van der Waals surface area contributed by atoms with Crippen LogP contribution in [-0.4, -0.2) is 55.8 Å². The Morgan fingerprint density at radius 1 is 1.42 bits per heavy atom. The topological polar surface area (TPSA) is 53.5 Å². The first kappa shape index (κ1) is 14.7. The fourth-order valence-electron chi connectivity index (χ4n) is 2.48. The molecule has 1 saturated heterocycles. The van der Waals surface area contributed by atoms with E-state index in [0.29, 0.717) is 19.0 Å². The molecule has 7 heteroatoms. The maximum atomic E-state index is 12.6. The normalized spacial score (nSPS) is 25.1. The van der Waals surface area contributed by atoms with Crippen molar-refractivity contribution in [2.45, 2.75) is 17.9 Å². The third-order valence-electron chi connectivity index (χ3n) is 3.55. The molecule has 2 unspecified atom stereocenters.